The largest absolute Gasteiger partial charge is 0.480 e. The Morgan fingerprint density at radius 2 is 1.51 bits per heavy atom. The summed E-state index contributed by atoms with van der Waals surface area (Å²) in [6.07, 6.45) is -0.563. The molecule has 9 nitrogen and oxygen atoms in total. The van der Waals surface area contributed by atoms with E-state index in [0.29, 0.717) is 13.0 Å². The minimum Gasteiger partial charge on any atom is -0.480 e. The van der Waals surface area contributed by atoms with Crippen molar-refractivity contribution in [3.05, 3.63) is 59.7 Å². The molecule has 1 N–H and O–H groups in total. The van der Waals surface area contributed by atoms with Crippen molar-refractivity contribution in [3.63, 3.8) is 0 Å². The summed E-state index contributed by atoms with van der Waals surface area (Å²) >= 11 is 0. The topological polar surface area (TPSA) is 106 Å². The molecule has 0 bridgehead atoms. The molecular weight excluding hydrogens is 476 g/mol. The van der Waals surface area contributed by atoms with E-state index in [-0.39, 0.29) is 32.2 Å². The van der Waals surface area contributed by atoms with Crippen LogP contribution in [-0.2, 0) is 19.0 Å². The Morgan fingerprint density at radius 3 is 2.11 bits per heavy atom. The zero-order chi connectivity index (χ0) is 26.6. The molecule has 1 heterocycles. The number of carboxylic acid groups (broad SMARTS) is 1. The molecule has 1 fully saturated rings. The number of benzene rings is 2. The highest BCUT2D eigenvalue weighted by Gasteiger charge is 2.34. The predicted octanol–water partition coefficient (Wildman–Crippen LogP) is 4.35. The molecule has 2 aromatic carbocycles. The summed E-state index contributed by atoms with van der Waals surface area (Å²) < 4.78 is 16.6. The fourth-order valence-electron chi connectivity index (χ4n) is 4.87. The third kappa shape index (κ3) is 6.40. The third-order valence-corrected chi connectivity index (χ3v) is 6.54. The Morgan fingerprint density at radius 1 is 0.892 bits per heavy atom. The number of fused-ring (bicyclic) bond motifs is 3. The van der Waals surface area contributed by atoms with E-state index in [4.69, 9.17) is 19.3 Å². The summed E-state index contributed by atoms with van der Waals surface area (Å²) in [4.78, 5) is 40.0. The SMILES string of the molecule is CC(C)(C)OC(=O)N1CCN(C(=O)OCC2c3ccccc3-c3ccccc32)CCC1COCC(=O)O. The predicted molar refractivity (Wildman–Crippen MR) is 136 cm³/mol. The van der Waals surface area contributed by atoms with Crippen LogP contribution in [-0.4, -0.2) is 84.2 Å². The van der Waals surface area contributed by atoms with Gasteiger partial charge in [0.1, 0.15) is 18.8 Å². The monoisotopic (exact) mass is 510 g/mol. The third-order valence-electron chi connectivity index (χ3n) is 6.54. The van der Waals surface area contributed by atoms with Crippen molar-refractivity contribution < 1.29 is 33.7 Å². The first-order valence-electron chi connectivity index (χ1n) is 12.5. The molecule has 0 saturated carbocycles. The number of amides is 2. The van der Waals surface area contributed by atoms with Gasteiger partial charge in [0, 0.05) is 25.6 Å². The minimum atomic E-state index is -1.09. The minimum absolute atomic E-state index is 0.0318. The fraction of sp³-hybridized carbons (Fsp3) is 0.464. The molecular formula is C28H34N2O7. The van der Waals surface area contributed by atoms with E-state index in [2.05, 4.69) is 24.3 Å². The second kappa shape index (κ2) is 11.2. The molecule has 0 aromatic heterocycles. The number of rotatable bonds is 6. The van der Waals surface area contributed by atoms with E-state index in [9.17, 15) is 14.4 Å². The molecule has 198 valence electrons. The number of aliphatic carboxylic acids is 1. The van der Waals surface area contributed by atoms with Crippen molar-refractivity contribution in [3.8, 4) is 11.1 Å². The van der Waals surface area contributed by atoms with Crippen molar-refractivity contribution >= 4 is 18.2 Å². The summed E-state index contributed by atoms with van der Waals surface area (Å²) in [5.74, 6) is -1.13. The van der Waals surface area contributed by atoms with Crippen LogP contribution in [0.5, 0.6) is 0 Å². The van der Waals surface area contributed by atoms with Crippen LogP contribution in [0.3, 0.4) is 0 Å². The first-order chi connectivity index (χ1) is 17.6. The van der Waals surface area contributed by atoms with Crippen LogP contribution < -0.4 is 0 Å². The van der Waals surface area contributed by atoms with Gasteiger partial charge in [-0.2, -0.15) is 0 Å². The van der Waals surface area contributed by atoms with Gasteiger partial charge in [0.25, 0.3) is 0 Å². The molecule has 0 spiro atoms. The van der Waals surface area contributed by atoms with E-state index < -0.39 is 36.4 Å². The van der Waals surface area contributed by atoms with Crippen LogP contribution in [0.4, 0.5) is 9.59 Å². The Balaban J connectivity index is 1.42. The van der Waals surface area contributed by atoms with Crippen molar-refractivity contribution in [2.75, 3.05) is 39.5 Å². The fourth-order valence-corrected chi connectivity index (χ4v) is 4.87. The van der Waals surface area contributed by atoms with Crippen LogP contribution in [0.25, 0.3) is 11.1 Å². The molecule has 1 aliphatic heterocycles. The van der Waals surface area contributed by atoms with Gasteiger partial charge in [-0.3, -0.25) is 0 Å². The number of ether oxygens (including phenoxy) is 3. The van der Waals surface area contributed by atoms with Crippen molar-refractivity contribution in [1.29, 1.82) is 0 Å². The summed E-state index contributed by atoms with van der Waals surface area (Å²) in [6.45, 7) is 5.96. The summed E-state index contributed by atoms with van der Waals surface area (Å²) in [5, 5.41) is 8.91. The van der Waals surface area contributed by atoms with E-state index in [1.54, 1.807) is 25.7 Å². The Labute approximate surface area is 216 Å². The van der Waals surface area contributed by atoms with Gasteiger partial charge in [-0.25, -0.2) is 14.4 Å². The van der Waals surface area contributed by atoms with Crippen LogP contribution >= 0.6 is 0 Å². The van der Waals surface area contributed by atoms with Gasteiger partial charge in [-0.15, -0.1) is 0 Å². The molecule has 1 unspecified atom stereocenters. The number of hydrogen-bond donors (Lipinski definition) is 1. The number of hydrogen-bond acceptors (Lipinski definition) is 6. The average Bonchev–Trinajstić information content (AvgIpc) is 2.99. The standard InChI is InChI=1S/C28H34N2O7/c1-28(2,3)37-27(34)30-15-14-29(13-12-19(30)16-35-18-25(31)32)26(33)36-17-24-22-10-6-4-8-20(22)21-9-5-7-11-23(21)24/h4-11,19,24H,12-18H2,1-3H3,(H,31,32). The van der Waals surface area contributed by atoms with Crippen LogP contribution in [0, 0.1) is 0 Å². The zero-order valence-corrected chi connectivity index (χ0v) is 21.5. The van der Waals surface area contributed by atoms with Crippen LogP contribution in [0.2, 0.25) is 0 Å². The van der Waals surface area contributed by atoms with Gasteiger partial charge in [-0.05, 0) is 49.4 Å². The number of carboxylic acids is 1. The maximum Gasteiger partial charge on any atom is 0.410 e. The number of carbonyl (C=O) groups is 3. The molecule has 0 radical (unpaired) electrons. The Kier molecular flexibility index (Phi) is 8.02. The molecule has 2 aliphatic rings. The van der Waals surface area contributed by atoms with Gasteiger partial charge < -0.3 is 29.1 Å². The van der Waals surface area contributed by atoms with Crippen molar-refractivity contribution in [1.82, 2.24) is 9.80 Å². The molecule has 1 saturated heterocycles. The lowest BCUT2D eigenvalue weighted by molar-refractivity contribution is -0.142. The van der Waals surface area contributed by atoms with E-state index in [1.807, 2.05) is 24.3 Å². The lowest BCUT2D eigenvalue weighted by atomic mass is 9.98. The highest BCUT2D eigenvalue weighted by molar-refractivity contribution is 5.79. The second-order valence-corrected chi connectivity index (χ2v) is 10.3. The van der Waals surface area contributed by atoms with Gasteiger partial charge in [-0.1, -0.05) is 48.5 Å². The van der Waals surface area contributed by atoms with E-state index in [0.717, 1.165) is 22.3 Å². The summed E-state index contributed by atoms with van der Waals surface area (Å²) in [6, 6.07) is 15.9. The molecule has 1 aliphatic carbocycles. The van der Waals surface area contributed by atoms with Crippen molar-refractivity contribution in [2.24, 2.45) is 0 Å². The lowest BCUT2D eigenvalue weighted by Gasteiger charge is -2.31. The summed E-state index contributed by atoms with van der Waals surface area (Å²) in [7, 11) is 0. The van der Waals surface area contributed by atoms with E-state index in [1.165, 1.54) is 4.90 Å². The highest BCUT2D eigenvalue weighted by atomic mass is 16.6. The molecule has 9 heteroatoms. The summed E-state index contributed by atoms with van der Waals surface area (Å²) in [5.41, 5.74) is 3.90. The highest BCUT2D eigenvalue weighted by Crippen LogP contribution is 2.44. The normalized spacial score (nSPS) is 17.5. The maximum absolute atomic E-state index is 13.1. The lowest BCUT2D eigenvalue weighted by Crippen LogP contribution is -2.46. The first kappa shape index (κ1) is 26.5. The van der Waals surface area contributed by atoms with Crippen LogP contribution in [0.1, 0.15) is 44.2 Å². The number of carbonyl (C=O) groups excluding carboxylic acids is 2. The van der Waals surface area contributed by atoms with Gasteiger partial charge >= 0.3 is 18.2 Å². The van der Waals surface area contributed by atoms with Gasteiger partial charge in [0.05, 0.1) is 12.6 Å². The first-order valence-corrected chi connectivity index (χ1v) is 12.5. The molecule has 1 atom stereocenters. The molecule has 4 rings (SSSR count). The number of nitrogens with zero attached hydrogens (tertiary/aromatic N) is 2. The van der Waals surface area contributed by atoms with Crippen molar-refractivity contribution in [2.45, 2.75) is 44.8 Å². The smallest absolute Gasteiger partial charge is 0.410 e. The Bertz CT molecular complexity index is 1100. The zero-order valence-electron chi connectivity index (χ0n) is 21.5. The van der Waals surface area contributed by atoms with Crippen LogP contribution in [0.15, 0.2) is 48.5 Å². The van der Waals surface area contributed by atoms with E-state index >= 15 is 0 Å². The quantitative estimate of drug-likeness (QED) is 0.616. The maximum atomic E-state index is 13.1. The molecule has 2 amide bonds. The Hall–Kier alpha value is -3.59. The molecule has 2 aromatic rings. The molecule has 37 heavy (non-hydrogen) atoms. The second-order valence-electron chi connectivity index (χ2n) is 10.3. The van der Waals surface area contributed by atoms with Gasteiger partial charge in [0.2, 0.25) is 0 Å². The van der Waals surface area contributed by atoms with Gasteiger partial charge in [0.15, 0.2) is 0 Å². The average molecular weight is 511 g/mol.